The maximum absolute atomic E-state index is 13.5. The number of carbonyl (C=O) groups excluding carboxylic acids is 1. The summed E-state index contributed by atoms with van der Waals surface area (Å²) in [7, 11) is 3.24. The Kier molecular flexibility index (Phi) is 6.96. The van der Waals surface area contributed by atoms with Gasteiger partial charge in [0.05, 0.1) is 37.4 Å². The molecule has 0 saturated carbocycles. The summed E-state index contributed by atoms with van der Waals surface area (Å²) in [5.41, 5.74) is 1.92. The van der Waals surface area contributed by atoms with Gasteiger partial charge in [-0.2, -0.15) is 5.10 Å². The lowest BCUT2D eigenvalue weighted by atomic mass is 10.0. The Morgan fingerprint density at radius 2 is 1.86 bits per heavy atom. The van der Waals surface area contributed by atoms with E-state index >= 15 is 0 Å². The number of thiophene rings is 1. The monoisotopic (exact) mass is 491 g/mol. The first-order valence-electron chi connectivity index (χ1n) is 11.7. The summed E-state index contributed by atoms with van der Waals surface area (Å²) in [5.74, 6) is 2.30. The highest BCUT2D eigenvalue weighted by Crippen LogP contribution is 2.38. The van der Waals surface area contributed by atoms with Crippen molar-refractivity contribution in [2.45, 2.75) is 12.5 Å². The maximum atomic E-state index is 13.5. The number of aromatic nitrogens is 1. The summed E-state index contributed by atoms with van der Waals surface area (Å²) in [5, 5.41) is 8.51. The fourth-order valence-corrected chi connectivity index (χ4v) is 5.31. The van der Waals surface area contributed by atoms with Crippen molar-refractivity contribution in [2.24, 2.45) is 5.10 Å². The minimum absolute atomic E-state index is 0.00243. The van der Waals surface area contributed by atoms with Crippen LogP contribution in [0.3, 0.4) is 0 Å². The summed E-state index contributed by atoms with van der Waals surface area (Å²) in [6.07, 6.45) is 2.48. The van der Waals surface area contributed by atoms with Crippen LogP contribution in [0.15, 0.2) is 65.2 Å². The van der Waals surface area contributed by atoms with Crippen LogP contribution >= 0.6 is 11.3 Å². The molecule has 1 atom stereocenters. The zero-order chi connectivity index (χ0) is 24.2. The molecule has 2 aliphatic heterocycles. The summed E-state index contributed by atoms with van der Waals surface area (Å²) >= 11 is 1.64. The number of amides is 1. The van der Waals surface area contributed by atoms with Crippen molar-refractivity contribution in [1.29, 1.82) is 0 Å². The van der Waals surface area contributed by atoms with E-state index in [-0.39, 0.29) is 11.9 Å². The first-order chi connectivity index (χ1) is 17.2. The highest BCUT2D eigenvalue weighted by molar-refractivity contribution is 7.12. The fraction of sp³-hybridized carbons (Fsp3) is 0.346. The van der Waals surface area contributed by atoms with Gasteiger partial charge in [-0.25, -0.2) is 9.99 Å². The van der Waals surface area contributed by atoms with Gasteiger partial charge in [0.15, 0.2) is 11.5 Å². The normalized spacial score (nSPS) is 18.5. The molecule has 0 aliphatic carbocycles. The number of anilines is 1. The molecule has 1 aromatic carbocycles. The number of nitrogens with zero attached hydrogens (tertiary/aromatic N) is 5. The Balaban J connectivity index is 1.32. The van der Waals surface area contributed by atoms with Crippen LogP contribution in [0.4, 0.5) is 5.82 Å². The summed E-state index contributed by atoms with van der Waals surface area (Å²) < 4.78 is 10.9. The van der Waals surface area contributed by atoms with Gasteiger partial charge in [-0.3, -0.25) is 9.69 Å². The molecular formula is C26H29N5O3S. The number of piperazine rings is 1. The summed E-state index contributed by atoms with van der Waals surface area (Å²) in [6.45, 7) is 3.62. The van der Waals surface area contributed by atoms with Crippen LogP contribution in [0.25, 0.3) is 0 Å². The number of hydrazone groups is 1. The number of carbonyl (C=O) groups is 1. The molecule has 1 amide bonds. The average Bonchev–Trinajstić information content (AvgIpc) is 3.60. The smallest absolute Gasteiger partial charge is 0.257 e. The average molecular weight is 492 g/mol. The Bertz CT molecular complexity index is 1180. The van der Waals surface area contributed by atoms with E-state index < -0.39 is 0 Å². The van der Waals surface area contributed by atoms with Crippen LogP contribution in [0.2, 0.25) is 0 Å². The third-order valence-electron chi connectivity index (χ3n) is 6.47. The van der Waals surface area contributed by atoms with E-state index in [1.807, 2.05) is 54.0 Å². The SMILES string of the molecule is COc1ccc(C2CC(c3cccs3)=NN2C(=O)CN2CCN(c3ccccn3)CC2)cc1OC. The molecule has 2 aliphatic rings. The van der Waals surface area contributed by atoms with Crippen molar-refractivity contribution in [3.8, 4) is 11.5 Å². The number of ether oxygens (including phenoxy) is 2. The first kappa shape index (κ1) is 23.3. The van der Waals surface area contributed by atoms with E-state index in [0.29, 0.717) is 24.5 Å². The number of methoxy groups -OCH3 is 2. The minimum atomic E-state index is -0.186. The predicted molar refractivity (Wildman–Crippen MR) is 137 cm³/mol. The van der Waals surface area contributed by atoms with Gasteiger partial charge in [-0.15, -0.1) is 11.3 Å². The molecule has 1 saturated heterocycles. The van der Waals surface area contributed by atoms with Crippen LogP contribution in [-0.4, -0.2) is 73.5 Å². The van der Waals surface area contributed by atoms with E-state index in [2.05, 4.69) is 20.9 Å². The minimum Gasteiger partial charge on any atom is -0.493 e. The second-order valence-corrected chi connectivity index (χ2v) is 9.50. The topological polar surface area (TPSA) is 70.5 Å². The largest absolute Gasteiger partial charge is 0.493 e. The van der Waals surface area contributed by atoms with Gasteiger partial charge in [0.25, 0.3) is 5.91 Å². The second-order valence-electron chi connectivity index (χ2n) is 8.55. The lowest BCUT2D eigenvalue weighted by molar-refractivity contribution is -0.134. The molecule has 9 heteroatoms. The standard InChI is InChI=1S/C26H29N5O3S/c1-33-22-9-8-19(16-23(22)34-2)21-17-20(24-6-5-15-35-24)28-31(21)26(32)18-29-11-13-30(14-12-29)25-7-3-4-10-27-25/h3-10,15-16,21H,11-14,17-18H2,1-2H3. The van der Waals surface area contributed by atoms with Gasteiger partial charge in [0, 0.05) is 38.8 Å². The number of benzene rings is 1. The molecule has 2 aromatic heterocycles. The van der Waals surface area contributed by atoms with E-state index in [0.717, 1.165) is 48.1 Å². The van der Waals surface area contributed by atoms with E-state index in [9.17, 15) is 4.79 Å². The van der Waals surface area contributed by atoms with Gasteiger partial charge in [-0.1, -0.05) is 18.2 Å². The number of rotatable bonds is 7. The van der Waals surface area contributed by atoms with Crippen molar-refractivity contribution in [1.82, 2.24) is 14.9 Å². The third kappa shape index (κ3) is 5.01. The molecule has 182 valence electrons. The highest BCUT2D eigenvalue weighted by atomic mass is 32.1. The lowest BCUT2D eigenvalue weighted by Gasteiger charge is -2.35. The quantitative estimate of drug-likeness (QED) is 0.502. The van der Waals surface area contributed by atoms with Crippen LogP contribution in [0.5, 0.6) is 11.5 Å². The van der Waals surface area contributed by atoms with Crippen molar-refractivity contribution >= 4 is 28.8 Å². The molecule has 1 fully saturated rings. The van der Waals surface area contributed by atoms with Gasteiger partial charge in [0.2, 0.25) is 0 Å². The fourth-order valence-electron chi connectivity index (χ4n) is 4.59. The van der Waals surface area contributed by atoms with Gasteiger partial charge in [-0.05, 0) is 41.3 Å². The zero-order valence-electron chi connectivity index (χ0n) is 20.0. The summed E-state index contributed by atoms with van der Waals surface area (Å²) in [6, 6.07) is 15.7. The molecule has 3 aromatic rings. The molecule has 8 nitrogen and oxygen atoms in total. The molecule has 0 radical (unpaired) electrons. The second kappa shape index (κ2) is 10.5. The molecular weight excluding hydrogens is 462 g/mol. The van der Waals surface area contributed by atoms with Gasteiger partial charge >= 0.3 is 0 Å². The molecule has 35 heavy (non-hydrogen) atoms. The molecule has 0 bridgehead atoms. The molecule has 1 unspecified atom stereocenters. The Hall–Kier alpha value is -3.43. The molecule has 5 rings (SSSR count). The first-order valence-corrected chi connectivity index (χ1v) is 12.6. The van der Waals surface area contributed by atoms with Crippen LogP contribution < -0.4 is 14.4 Å². The molecule has 4 heterocycles. The van der Waals surface area contributed by atoms with Crippen LogP contribution in [0.1, 0.15) is 22.9 Å². The molecule has 0 spiro atoms. The van der Waals surface area contributed by atoms with Crippen LogP contribution in [-0.2, 0) is 4.79 Å². The van der Waals surface area contributed by atoms with Crippen molar-refractivity contribution in [3.05, 3.63) is 70.5 Å². The lowest BCUT2D eigenvalue weighted by Crippen LogP contribution is -2.49. The Morgan fingerprint density at radius 3 is 2.54 bits per heavy atom. The summed E-state index contributed by atoms with van der Waals surface area (Å²) in [4.78, 5) is 23.5. The highest BCUT2D eigenvalue weighted by Gasteiger charge is 2.35. The van der Waals surface area contributed by atoms with E-state index in [1.54, 1.807) is 30.6 Å². The van der Waals surface area contributed by atoms with Crippen molar-refractivity contribution in [2.75, 3.05) is 51.8 Å². The zero-order valence-corrected chi connectivity index (χ0v) is 20.8. The molecule has 0 N–H and O–H groups in total. The van der Waals surface area contributed by atoms with Crippen molar-refractivity contribution < 1.29 is 14.3 Å². The number of hydrogen-bond donors (Lipinski definition) is 0. The Morgan fingerprint density at radius 1 is 1.03 bits per heavy atom. The number of pyridine rings is 1. The van der Waals surface area contributed by atoms with Gasteiger partial charge in [0.1, 0.15) is 5.82 Å². The van der Waals surface area contributed by atoms with Gasteiger partial charge < -0.3 is 14.4 Å². The number of hydrogen-bond acceptors (Lipinski definition) is 8. The van der Waals surface area contributed by atoms with E-state index in [4.69, 9.17) is 14.6 Å². The van der Waals surface area contributed by atoms with Crippen molar-refractivity contribution in [3.63, 3.8) is 0 Å². The predicted octanol–water partition coefficient (Wildman–Crippen LogP) is 3.66. The van der Waals surface area contributed by atoms with E-state index in [1.165, 1.54) is 0 Å². The van der Waals surface area contributed by atoms with Crippen LogP contribution in [0, 0.1) is 0 Å². The third-order valence-corrected chi connectivity index (χ3v) is 7.39. The Labute approximate surface area is 209 Å². The maximum Gasteiger partial charge on any atom is 0.257 e.